The monoisotopic (exact) mass is 688 g/mol. The molecule has 8 fully saturated rings. The summed E-state index contributed by atoms with van der Waals surface area (Å²) in [4.78, 5) is 5.75. The van der Waals surface area contributed by atoms with Crippen molar-refractivity contribution in [2.24, 2.45) is 46.3 Å². The molecule has 0 spiro atoms. The Morgan fingerprint density at radius 2 is 0.796 bits per heavy atom. The van der Waals surface area contributed by atoms with Crippen LogP contribution in [0.4, 0.5) is 0 Å². The summed E-state index contributed by atoms with van der Waals surface area (Å²) in [7, 11) is 3.55. The van der Waals surface area contributed by atoms with E-state index in [1.807, 2.05) is 0 Å². The van der Waals surface area contributed by atoms with Crippen LogP contribution in [0.15, 0.2) is 48.5 Å². The summed E-state index contributed by atoms with van der Waals surface area (Å²) in [5, 5.41) is 0. The Labute approximate surface area is 304 Å². The van der Waals surface area contributed by atoms with Gasteiger partial charge < -0.3 is 9.47 Å². The van der Waals surface area contributed by atoms with Crippen LogP contribution in [0.25, 0.3) is 0 Å². The summed E-state index contributed by atoms with van der Waals surface area (Å²) in [6.07, 6.45) is 23.6. The number of ether oxygens (including phenoxy) is 2. The highest BCUT2D eigenvalue weighted by atomic mass is 35.5. The lowest BCUT2D eigenvalue weighted by Crippen LogP contribution is -2.51. The normalized spacial score (nSPS) is 33.7. The van der Waals surface area contributed by atoms with E-state index in [0.717, 1.165) is 60.1 Å². The SMILES string of the molecule is COc1ccc(CN(CCCCCCN(Cc2ccc(OC)cc2)CC23CC4CC(CC(C4)C2)C3)CC23CC4CC(CC(C4)C2)C3)cc1.Cl. The molecule has 0 aliphatic heterocycles. The minimum atomic E-state index is 0. The molecule has 0 amide bonds. The van der Waals surface area contributed by atoms with Gasteiger partial charge in [0.05, 0.1) is 14.2 Å². The van der Waals surface area contributed by atoms with Crippen molar-refractivity contribution in [1.82, 2.24) is 9.80 Å². The topological polar surface area (TPSA) is 24.9 Å². The van der Waals surface area contributed by atoms with E-state index in [0.29, 0.717) is 10.8 Å². The number of hydrogen-bond donors (Lipinski definition) is 0. The molecular weight excluding hydrogens is 624 g/mol. The van der Waals surface area contributed by atoms with Crippen LogP contribution >= 0.6 is 12.4 Å². The molecule has 8 bridgehead atoms. The number of halogens is 1. The highest BCUT2D eigenvalue weighted by molar-refractivity contribution is 5.85. The number of hydrogen-bond acceptors (Lipinski definition) is 4. The van der Waals surface area contributed by atoms with Crippen molar-refractivity contribution in [1.29, 1.82) is 0 Å². The van der Waals surface area contributed by atoms with Gasteiger partial charge in [0.2, 0.25) is 0 Å². The highest BCUT2D eigenvalue weighted by Crippen LogP contribution is 2.61. The van der Waals surface area contributed by atoms with Gasteiger partial charge in [0.25, 0.3) is 0 Å². The van der Waals surface area contributed by atoms with Gasteiger partial charge in [-0.2, -0.15) is 0 Å². The highest BCUT2D eigenvalue weighted by Gasteiger charge is 2.52. The standard InChI is InChI=1S/C44H64N2O2.ClH/c1-47-41-11-7-33(8-12-41)29-45(31-43-23-35-17-36(24-43)19-37(18-35)25-43)15-5-3-4-6-16-46(30-34-9-13-42(48-2)14-10-34)32-44-26-38-20-39(27-44)22-40(21-38)28-44;/h7-14,35-40H,3-6,15-32H2,1-2H3;1H. The number of rotatable bonds is 17. The minimum absolute atomic E-state index is 0. The number of unbranched alkanes of at least 4 members (excludes halogenated alkanes) is 3. The lowest BCUT2D eigenvalue weighted by atomic mass is 9.49. The molecule has 5 heteroatoms. The molecule has 0 N–H and O–H groups in total. The van der Waals surface area contributed by atoms with E-state index in [-0.39, 0.29) is 12.4 Å². The van der Waals surface area contributed by atoms with E-state index in [1.165, 1.54) is 140 Å². The van der Waals surface area contributed by atoms with Crippen molar-refractivity contribution < 1.29 is 9.47 Å². The third-order valence-corrected chi connectivity index (χ3v) is 14.3. The zero-order chi connectivity index (χ0) is 32.6. The average Bonchev–Trinajstić information content (AvgIpc) is 3.05. The number of methoxy groups -OCH3 is 2. The average molecular weight is 689 g/mol. The first-order chi connectivity index (χ1) is 23.4. The quantitative estimate of drug-likeness (QED) is 0.154. The summed E-state index contributed by atoms with van der Waals surface area (Å²) in [5.41, 5.74) is 4.08. The van der Waals surface area contributed by atoms with Gasteiger partial charge in [-0.05, 0) is 185 Å². The van der Waals surface area contributed by atoms with Gasteiger partial charge in [0, 0.05) is 26.2 Å². The van der Waals surface area contributed by atoms with Crippen LogP contribution in [0, 0.1) is 46.3 Å². The summed E-state index contributed by atoms with van der Waals surface area (Å²) in [6, 6.07) is 17.8. The van der Waals surface area contributed by atoms with E-state index in [1.54, 1.807) is 14.2 Å². The molecule has 4 nitrogen and oxygen atoms in total. The fourth-order valence-corrected chi connectivity index (χ4v) is 13.3. The predicted molar refractivity (Wildman–Crippen MR) is 203 cm³/mol. The Kier molecular flexibility index (Phi) is 11.3. The molecule has 270 valence electrons. The van der Waals surface area contributed by atoms with Gasteiger partial charge in [0.1, 0.15) is 11.5 Å². The Bertz CT molecular complexity index is 1170. The second kappa shape index (κ2) is 15.5. The molecule has 0 atom stereocenters. The molecule has 8 aliphatic rings. The summed E-state index contributed by atoms with van der Waals surface area (Å²) in [5.74, 6) is 8.09. The van der Waals surface area contributed by atoms with Crippen LogP contribution < -0.4 is 9.47 Å². The van der Waals surface area contributed by atoms with Crippen molar-refractivity contribution in [2.75, 3.05) is 40.4 Å². The van der Waals surface area contributed by atoms with Crippen LogP contribution in [0.1, 0.15) is 114 Å². The largest absolute Gasteiger partial charge is 0.497 e. The lowest BCUT2D eigenvalue weighted by Gasteiger charge is -2.58. The van der Waals surface area contributed by atoms with Crippen molar-refractivity contribution in [3.8, 4) is 11.5 Å². The van der Waals surface area contributed by atoms with Gasteiger partial charge in [-0.25, -0.2) is 0 Å². The smallest absolute Gasteiger partial charge is 0.118 e. The second-order valence-corrected chi connectivity index (χ2v) is 18.4. The third kappa shape index (κ3) is 8.49. The molecule has 0 unspecified atom stereocenters. The maximum atomic E-state index is 5.47. The zero-order valence-electron chi connectivity index (χ0n) is 30.8. The zero-order valence-corrected chi connectivity index (χ0v) is 31.6. The minimum Gasteiger partial charge on any atom is -0.497 e. The molecule has 8 aliphatic carbocycles. The first kappa shape index (κ1) is 35.6. The molecule has 2 aromatic carbocycles. The van der Waals surface area contributed by atoms with Crippen LogP contribution in [0.3, 0.4) is 0 Å². The molecule has 49 heavy (non-hydrogen) atoms. The van der Waals surface area contributed by atoms with Gasteiger partial charge in [-0.1, -0.05) is 37.1 Å². The molecule has 0 radical (unpaired) electrons. The Balaban J connectivity index is 0.00000378. The molecule has 0 heterocycles. The summed E-state index contributed by atoms with van der Waals surface area (Å²) < 4.78 is 10.9. The van der Waals surface area contributed by atoms with Crippen molar-refractivity contribution in [3.63, 3.8) is 0 Å². The second-order valence-electron chi connectivity index (χ2n) is 18.4. The molecule has 8 saturated carbocycles. The van der Waals surface area contributed by atoms with Crippen molar-refractivity contribution in [3.05, 3.63) is 59.7 Å². The Morgan fingerprint density at radius 3 is 1.08 bits per heavy atom. The first-order valence-electron chi connectivity index (χ1n) is 20.1. The van der Waals surface area contributed by atoms with Crippen LogP contribution in [-0.4, -0.2) is 50.2 Å². The molecule has 2 aromatic rings. The number of benzene rings is 2. The van der Waals surface area contributed by atoms with E-state index < -0.39 is 0 Å². The van der Waals surface area contributed by atoms with Crippen molar-refractivity contribution >= 4 is 12.4 Å². The molecule has 0 aromatic heterocycles. The van der Waals surface area contributed by atoms with Crippen molar-refractivity contribution in [2.45, 2.75) is 116 Å². The van der Waals surface area contributed by atoms with Crippen LogP contribution in [0.2, 0.25) is 0 Å². The Hall–Kier alpha value is -1.75. The number of nitrogens with zero attached hydrogens (tertiary/aromatic N) is 2. The van der Waals surface area contributed by atoms with Gasteiger partial charge in [-0.3, -0.25) is 9.80 Å². The fraction of sp³-hybridized carbons (Fsp3) is 0.727. The van der Waals surface area contributed by atoms with Gasteiger partial charge >= 0.3 is 0 Å². The van der Waals surface area contributed by atoms with Crippen LogP contribution in [0.5, 0.6) is 11.5 Å². The Morgan fingerprint density at radius 1 is 0.490 bits per heavy atom. The van der Waals surface area contributed by atoms with Gasteiger partial charge in [-0.15, -0.1) is 12.4 Å². The molecular formula is C44H65ClN2O2. The first-order valence-corrected chi connectivity index (χ1v) is 20.1. The van der Waals surface area contributed by atoms with E-state index in [2.05, 4.69) is 58.3 Å². The molecule has 10 rings (SSSR count). The maximum absolute atomic E-state index is 5.47. The fourth-order valence-electron chi connectivity index (χ4n) is 13.3. The predicted octanol–water partition coefficient (Wildman–Crippen LogP) is 10.4. The van der Waals surface area contributed by atoms with Gasteiger partial charge in [0.15, 0.2) is 0 Å². The lowest BCUT2D eigenvalue weighted by molar-refractivity contribution is -0.0709. The molecule has 0 saturated heterocycles. The van der Waals surface area contributed by atoms with Crippen LogP contribution in [-0.2, 0) is 13.1 Å². The summed E-state index contributed by atoms with van der Waals surface area (Å²) in [6.45, 7) is 7.32. The van der Waals surface area contributed by atoms with E-state index >= 15 is 0 Å². The van der Waals surface area contributed by atoms with E-state index in [9.17, 15) is 0 Å². The third-order valence-electron chi connectivity index (χ3n) is 14.3. The summed E-state index contributed by atoms with van der Waals surface area (Å²) >= 11 is 0. The maximum Gasteiger partial charge on any atom is 0.118 e. The van der Waals surface area contributed by atoms with E-state index in [4.69, 9.17) is 9.47 Å².